The summed E-state index contributed by atoms with van der Waals surface area (Å²) in [7, 11) is 1.65. The molecule has 1 aromatic carbocycles. The van der Waals surface area contributed by atoms with E-state index in [0.717, 1.165) is 25.1 Å². The van der Waals surface area contributed by atoms with Crippen LogP contribution in [0.4, 0.5) is 0 Å². The normalized spacial score (nSPS) is 10.8. The van der Waals surface area contributed by atoms with Gasteiger partial charge in [0.1, 0.15) is 0 Å². The first-order chi connectivity index (χ1) is 11.2. The molecule has 0 bridgehead atoms. The molecule has 0 unspecified atom stereocenters. The topological polar surface area (TPSA) is 30.5 Å². The minimum Gasteiger partial charge on any atom is -0.493 e. The molecule has 1 aromatic rings. The number of unbranched alkanes of at least 4 members (excludes halogenated alkanes) is 5. The Morgan fingerprint density at radius 3 is 2.43 bits per heavy atom. The van der Waals surface area contributed by atoms with Gasteiger partial charge in [-0.1, -0.05) is 57.6 Å². The zero-order chi connectivity index (χ0) is 16.9. The van der Waals surface area contributed by atoms with E-state index < -0.39 is 0 Å². The molecule has 0 aliphatic carbocycles. The van der Waals surface area contributed by atoms with Gasteiger partial charge in [-0.25, -0.2) is 0 Å². The molecule has 132 valence electrons. The maximum absolute atomic E-state index is 6.33. The summed E-state index contributed by atoms with van der Waals surface area (Å²) in [4.78, 5) is 0. The van der Waals surface area contributed by atoms with Crippen LogP contribution in [0.25, 0.3) is 0 Å². The van der Waals surface area contributed by atoms with Crippen LogP contribution in [0.5, 0.6) is 11.5 Å². The molecule has 0 amide bonds. The average Bonchev–Trinajstić information content (AvgIpc) is 2.55. The van der Waals surface area contributed by atoms with Crippen molar-refractivity contribution in [3.63, 3.8) is 0 Å². The molecule has 0 fully saturated rings. The number of ether oxygens (including phenoxy) is 2. The van der Waals surface area contributed by atoms with E-state index in [1.165, 1.54) is 38.5 Å². The number of halogens is 1. The number of nitrogens with one attached hydrogen (secondary N) is 1. The molecule has 1 N–H and O–H groups in total. The Bertz CT molecular complexity index is 438. The third-order valence-corrected chi connectivity index (χ3v) is 4.06. The van der Waals surface area contributed by atoms with Crippen LogP contribution >= 0.6 is 11.6 Å². The molecule has 4 heteroatoms. The minimum absolute atomic E-state index is 0.620. The molecule has 0 atom stereocenters. The summed E-state index contributed by atoms with van der Waals surface area (Å²) in [5.74, 6) is 1.36. The molecule has 0 aromatic heterocycles. The summed E-state index contributed by atoms with van der Waals surface area (Å²) < 4.78 is 11.1. The van der Waals surface area contributed by atoms with Crippen LogP contribution in [-0.2, 0) is 6.54 Å². The van der Waals surface area contributed by atoms with Gasteiger partial charge in [-0.15, -0.1) is 0 Å². The first-order valence-electron chi connectivity index (χ1n) is 8.92. The van der Waals surface area contributed by atoms with Gasteiger partial charge in [-0.3, -0.25) is 0 Å². The van der Waals surface area contributed by atoms with Gasteiger partial charge in [0.2, 0.25) is 0 Å². The van der Waals surface area contributed by atoms with Gasteiger partial charge in [0, 0.05) is 6.54 Å². The monoisotopic (exact) mass is 341 g/mol. The lowest BCUT2D eigenvalue weighted by Gasteiger charge is -2.14. The Labute approximate surface area is 146 Å². The molecule has 0 radical (unpaired) electrons. The lowest BCUT2D eigenvalue weighted by molar-refractivity contribution is 0.294. The third-order valence-electron chi connectivity index (χ3n) is 3.78. The molecular formula is C19H32ClNO2. The fourth-order valence-electron chi connectivity index (χ4n) is 2.48. The van der Waals surface area contributed by atoms with Crippen LogP contribution in [0.3, 0.4) is 0 Å². The minimum atomic E-state index is 0.620. The fraction of sp³-hybridized carbons (Fsp3) is 0.684. The Morgan fingerprint density at radius 2 is 1.74 bits per heavy atom. The smallest absolute Gasteiger partial charge is 0.179 e. The summed E-state index contributed by atoms with van der Waals surface area (Å²) in [5.41, 5.74) is 1.13. The van der Waals surface area contributed by atoms with E-state index in [2.05, 4.69) is 19.2 Å². The number of methoxy groups -OCH3 is 1. The van der Waals surface area contributed by atoms with E-state index in [1.54, 1.807) is 7.11 Å². The van der Waals surface area contributed by atoms with Gasteiger partial charge >= 0.3 is 0 Å². The maximum atomic E-state index is 6.33. The van der Waals surface area contributed by atoms with E-state index in [0.29, 0.717) is 23.1 Å². The molecule has 1 rings (SSSR count). The van der Waals surface area contributed by atoms with Gasteiger partial charge in [-0.05, 0) is 37.1 Å². The van der Waals surface area contributed by atoms with Crippen LogP contribution < -0.4 is 14.8 Å². The van der Waals surface area contributed by atoms with E-state index in [1.807, 2.05) is 12.1 Å². The van der Waals surface area contributed by atoms with Crippen molar-refractivity contribution in [2.75, 3.05) is 20.3 Å². The van der Waals surface area contributed by atoms with Crippen molar-refractivity contribution in [2.24, 2.45) is 0 Å². The van der Waals surface area contributed by atoms with Crippen LogP contribution in [0, 0.1) is 0 Å². The van der Waals surface area contributed by atoms with Gasteiger partial charge < -0.3 is 14.8 Å². The lowest BCUT2D eigenvalue weighted by Crippen LogP contribution is -2.14. The number of hydrogen-bond donors (Lipinski definition) is 1. The number of hydrogen-bond acceptors (Lipinski definition) is 3. The van der Waals surface area contributed by atoms with Crippen LogP contribution in [0.2, 0.25) is 5.02 Å². The molecule has 0 saturated heterocycles. The first kappa shape index (κ1) is 20.1. The van der Waals surface area contributed by atoms with E-state index in [4.69, 9.17) is 21.1 Å². The third kappa shape index (κ3) is 7.94. The predicted octanol–water partition coefficient (Wildman–Crippen LogP) is 5.59. The van der Waals surface area contributed by atoms with Crippen molar-refractivity contribution in [3.05, 3.63) is 22.7 Å². The summed E-state index contributed by atoms with van der Waals surface area (Å²) in [6, 6.07) is 3.97. The zero-order valence-corrected chi connectivity index (χ0v) is 15.7. The quantitative estimate of drug-likeness (QED) is 0.474. The molecule has 23 heavy (non-hydrogen) atoms. The van der Waals surface area contributed by atoms with Gasteiger partial charge in [0.15, 0.2) is 11.5 Å². The molecule has 3 nitrogen and oxygen atoms in total. The van der Waals surface area contributed by atoms with Crippen molar-refractivity contribution >= 4 is 11.6 Å². The highest BCUT2D eigenvalue weighted by molar-refractivity contribution is 6.32. The SMILES string of the molecule is CCCCCCCCNCc1cc(Cl)c(OCCC)c(OC)c1. The Kier molecular flexibility index (Phi) is 10.9. The van der Waals surface area contributed by atoms with Crippen molar-refractivity contribution < 1.29 is 9.47 Å². The molecule has 0 heterocycles. The van der Waals surface area contributed by atoms with Crippen molar-refractivity contribution in [2.45, 2.75) is 65.3 Å². The highest BCUT2D eigenvalue weighted by Crippen LogP contribution is 2.36. The molecule has 0 aliphatic heterocycles. The van der Waals surface area contributed by atoms with Crippen LogP contribution in [-0.4, -0.2) is 20.3 Å². The average molecular weight is 342 g/mol. The Hall–Kier alpha value is -0.930. The first-order valence-corrected chi connectivity index (χ1v) is 9.30. The van der Waals surface area contributed by atoms with Gasteiger partial charge in [0.25, 0.3) is 0 Å². The lowest BCUT2D eigenvalue weighted by atomic mass is 10.1. The van der Waals surface area contributed by atoms with Crippen molar-refractivity contribution in [1.29, 1.82) is 0 Å². The second-order valence-corrected chi connectivity index (χ2v) is 6.31. The van der Waals surface area contributed by atoms with E-state index in [-0.39, 0.29) is 0 Å². The van der Waals surface area contributed by atoms with Gasteiger partial charge in [-0.2, -0.15) is 0 Å². The fourth-order valence-corrected chi connectivity index (χ4v) is 2.77. The largest absolute Gasteiger partial charge is 0.493 e. The second-order valence-electron chi connectivity index (χ2n) is 5.90. The number of benzene rings is 1. The Morgan fingerprint density at radius 1 is 1.00 bits per heavy atom. The zero-order valence-electron chi connectivity index (χ0n) is 14.9. The molecule has 0 saturated carbocycles. The second kappa shape index (κ2) is 12.5. The predicted molar refractivity (Wildman–Crippen MR) is 98.9 cm³/mol. The van der Waals surface area contributed by atoms with Gasteiger partial charge in [0.05, 0.1) is 18.7 Å². The van der Waals surface area contributed by atoms with Crippen LogP contribution in [0.1, 0.15) is 64.4 Å². The van der Waals surface area contributed by atoms with E-state index in [9.17, 15) is 0 Å². The van der Waals surface area contributed by atoms with Crippen molar-refractivity contribution in [1.82, 2.24) is 5.32 Å². The number of rotatable bonds is 13. The maximum Gasteiger partial charge on any atom is 0.179 e. The standard InChI is InChI=1S/C19H32ClNO2/c1-4-6-7-8-9-10-11-21-15-16-13-17(20)19(23-12-5-2)18(14-16)22-3/h13-14,21H,4-12,15H2,1-3H3. The highest BCUT2D eigenvalue weighted by atomic mass is 35.5. The summed E-state index contributed by atoms with van der Waals surface area (Å²) >= 11 is 6.33. The van der Waals surface area contributed by atoms with E-state index >= 15 is 0 Å². The summed E-state index contributed by atoms with van der Waals surface area (Å²) in [6.07, 6.45) is 8.85. The molecule has 0 spiro atoms. The highest BCUT2D eigenvalue weighted by Gasteiger charge is 2.11. The summed E-state index contributed by atoms with van der Waals surface area (Å²) in [5, 5.41) is 4.10. The molecule has 0 aliphatic rings. The van der Waals surface area contributed by atoms with Crippen LogP contribution in [0.15, 0.2) is 12.1 Å². The summed E-state index contributed by atoms with van der Waals surface area (Å²) in [6.45, 7) is 6.81. The van der Waals surface area contributed by atoms with Crippen molar-refractivity contribution in [3.8, 4) is 11.5 Å². The molecular weight excluding hydrogens is 310 g/mol. The Balaban J connectivity index is 2.38.